The summed E-state index contributed by atoms with van der Waals surface area (Å²) >= 11 is 7.33. The number of halogens is 2. The molecule has 0 aliphatic heterocycles. The molecule has 0 aromatic heterocycles. The van der Waals surface area contributed by atoms with E-state index in [-0.39, 0.29) is 0 Å². The number of rotatable bonds is 15. The highest BCUT2D eigenvalue weighted by atomic mass is 79.9. The third-order valence-corrected chi connectivity index (χ3v) is 7.73. The third kappa shape index (κ3) is 7.87. The quantitative estimate of drug-likeness (QED) is 0.162. The van der Waals surface area contributed by atoms with Gasteiger partial charge < -0.3 is 0 Å². The van der Waals surface area contributed by atoms with Crippen LogP contribution in [-0.2, 0) is 0 Å². The van der Waals surface area contributed by atoms with Crippen LogP contribution in [0.3, 0.4) is 0 Å². The first-order valence-corrected chi connectivity index (χ1v) is 14.6. The second kappa shape index (κ2) is 14.4. The van der Waals surface area contributed by atoms with Crippen molar-refractivity contribution in [2.24, 2.45) is 0 Å². The van der Waals surface area contributed by atoms with Crippen LogP contribution in [0.25, 0.3) is 16.7 Å². The number of benzene rings is 2. The Bertz CT molecular complexity index is 812. The van der Waals surface area contributed by atoms with E-state index in [0.29, 0.717) is 0 Å². The molecule has 1 aliphatic rings. The summed E-state index contributed by atoms with van der Waals surface area (Å²) in [5.41, 5.74) is 6.88. The zero-order valence-corrected chi connectivity index (χ0v) is 23.1. The van der Waals surface area contributed by atoms with Crippen LogP contribution in [0, 0.1) is 0 Å². The molecule has 1 aliphatic carbocycles. The molecule has 0 saturated carbocycles. The summed E-state index contributed by atoms with van der Waals surface area (Å²) in [6.07, 6.45) is 23.5. The molecule has 0 amide bonds. The minimum atomic E-state index is 1.16. The van der Waals surface area contributed by atoms with Crippen LogP contribution in [-0.4, -0.2) is 0 Å². The highest BCUT2D eigenvalue weighted by molar-refractivity contribution is 9.10. The highest BCUT2D eigenvalue weighted by Crippen LogP contribution is 2.46. The molecule has 2 aromatic carbocycles. The van der Waals surface area contributed by atoms with Crippen molar-refractivity contribution in [3.63, 3.8) is 0 Å². The first-order chi connectivity index (χ1) is 15.7. The van der Waals surface area contributed by atoms with Gasteiger partial charge in [-0.1, -0.05) is 140 Å². The molecule has 2 heteroatoms. The Morgan fingerprint density at radius 2 is 0.938 bits per heavy atom. The largest absolute Gasteiger partial charge is 0.0760 e. The predicted octanol–water partition coefficient (Wildman–Crippen LogP) is 11.5. The van der Waals surface area contributed by atoms with E-state index in [4.69, 9.17) is 0 Å². The molecular formula is C30H40Br2. The maximum absolute atomic E-state index is 3.66. The molecular weight excluding hydrogens is 520 g/mol. The summed E-state index contributed by atoms with van der Waals surface area (Å²) in [7, 11) is 0. The number of hydrogen-bond donors (Lipinski definition) is 0. The number of unbranched alkanes of at least 4 members (excludes halogenated alkanes) is 14. The summed E-state index contributed by atoms with van der Waals surface area (Å²) < 4.78 is 2.32. The molecule has 0 bridgehead atoms. The third-order valence-electron chi connectivity index (χ3n) is 6.74. The fourth-order valence-electron chi connectivity index (χ4n) is 4.90. The number of hydrogen-bond acceptors (Lipinski definition) is 0. The fourth-order valence-corrected chi connectivity index (χ4v) is 5.62. The highest BCUT2D eigenvalue weighted by Gasteiger charge is 2.23. The molecule has 3 rings (SSSR count). The van der Waals surface area contributed by atoms with E-state index >= 15 is 0 Å². The van der Waals surface area contributed by atoms with Gasteiger partial charge in [0.2, 0.25) is 0 Å². The van der Waals surface area contributed by atoms with Crippen molar-refractivity contribution in [3.05, 3.63) is 62.5 Å². The van der Waals surface area contributed by atoms with Gasteiger partial charge in [0.15, 0.2) is 0 Å². The zero-order chi connectivity index (χ0) is 22.6. The molecule has 0 unspecified atom stereocenters. The summed E-state index contributed by atoms with van der Waals surface area (Å²) in [4.78, 5) is 0. The van der Waals surface area contributed by atoms with Crippen molar-refractivity contribution < 1.29 is 0 Å². The average Bonchev–Trinajstić information content (AvgIpc) is 3.08. The Kier molecular flexibility index (Phi) is 11.6. The predicted molar refractivity (Wildman–Crippen MR) is 149 cm³/mol. The summed E-state index contributed by atoms with van der Waals surface area (Å²) in [6.45, 7) is 2.30. The molecule has 0 atom stereocenters. The number of allylic oxidation sites excluding steroid dienone is 1. The lowest BCUT2D eigenvalue weighted by atomic mass is 10.0. The van der Waals surface area contributed by atoms with Gasteiger partial charge in [0.05, 0.1) is 0 Å². The van der Waals surface area contributed by atoms with Gasteiger partial charge in [-0.2, -0.15) is 0 Å². The van der Waals surface area contributed by atoms with Gasteiger partial charge in [0, 0.05) is 8.95 Å². The van der Waals surface area contributed by atoms with E-state index in [2.05, 4.69) is 81.3 Å². The summed E-state index contributed by atoms with van der Waals surface area (Å²) in [6, 6.07) is 13.4. The van der Waals surface area contributed by atoms with E-state index in [1.165, 1.54) is 124 Å². The normalized spacial score (nSPS) is 12.2. The topological polar surface area (TPSA) is 0 Å². The van der Waals surface area contributed by atoms with Crippen LogP contribution in [0.1, 0.15) is 114 Å². The standard InChI is InChI=1S/C30H40Br2/c1-2-3-4-5-6-7-8-9-10-11-12-13-14-15-16-17-26-29-22-24(31)18-20-27(29)28-21-19-25(32)23-30(26)28/h17-23H,2-16H2,1H3. The van der Waals surface area contributed by atoms with Crippen LogP contribution in [0.2, 0.25) is 0 Å². The number of fused-ring (bicyclic) bond motifs is 3. The van der Waals surface area contributed by atoms with Gasteiger partial charge in [-0.3, -0.25) is 0 Å². The zero-order valence-electron chi connectivity index (χ0n) is 19.9. The lowest BCUT2D eigenvalue weighted by Gasteiger charge is -2.05. The second-order valence-corrected chi connectivity index (χ2v) is 11.2. The SMILES string of the molecule is CCCCCCCCCCCCCCCCC=C1c2cc(Br)ccc2-c2ccc(Br)cc21. The maximum Gasteiger partial charge on any atom is 0.0181 e. The van der Waals surface area contributed by atoms with E-state index in [1.807, 2.05) is 0 Å². The van der Waals surface area contributed by atoms with E-state index in [1.54, 1.807) is 0 Å². The van der Waals surface area contributed by atoms with Gasteiger partial charge in [-0.25, -0.2) is 0 Å². The molecule has 174 valence electrons. The Balaban J connectivity index is 1.32. The summed E-state index contributed by atoms with van der Waals surface area (Å²) in [5, 5.41) is 0. The van der Waals surface area contributed by atoms with Crippen LogP contribution >= 0.6 is 31.9 Å². The van der Waals surface area contributed by atoms with Crippen molar-refractivity contribution in [2.75, 3.05) is 0 Å². The first kappa shape index (κ1) is 25.8. The van der Waals surface area contributed by atoms with Gasteiger partial charge in [0.25, 0.3) is 0 Å². The van der Waals surface area contributed by atoms with Gasteiger partial charge in [0.1, 0.15) is 0 Å². The van der Waals surface area contributed by atoms with E-state index in [9.17, 15) is 0 Å². The Morgan fingerprint density at radius 3 is 1.38 bits per heavy atom. The smallest absolute Gasteiger partial charge is 0.0181 e. The Labute approximate surface area is 213 Å². The van der Waals surface area contributed by atoms with Gasteiger partial charge >= 0.3 is 0 Å². The monoisotopic (exact) mass is 558 g/mol. The van der Waals surface area contributed by atoms with Crippen molar-refractivity contribution in [3.8, 4) is 11.1 Å². The van der Waals surface area contributed by atoms with E-state index < -0.39 is 0 Å². The molecule has 0 heterocycles. The molecule has 32 heavy (non-hydrogen) atoms. The molecule has 0 fully saturated rings. The van der Waals surface area contributed by atoms with Gasteiger partial charge in [-0.15, -0.1) is 0 Å². The van der Waals surface area contributed by atoms with Crippen molar-refractivity contribution in [2.45, 2.75) is 103 Å². The Hall–Kier alpha value is -0.860. The minimum Gasteiger partial charge on any atom is -0.0760 e. The van der Waals surface area contributed by atoms with E-state index in [0.717, 1.165) is 8.95 Å². The molecule has 0 saturated heterocycles. The van der Waals surface area contributed by atoms with Crippen LogP contribution in [0.5, 0.6) is 0 Å². The average molecular weight is 560 g/mol. The van der Waals surface area contributed by atoms with Crippen LogP contribution in [0.4, 0.5) is 0 Å². The molecule has 0 radical (unpaired) electrons. The van der Waals surface area contributed by atoms with Crippen LogP contribution in [0.15, 0.2) is 51.4 Å². The molecule has 0 nitrogen and oxygen atoms in total. The second-order valence-electron chi connectivity index (χ2n) is 9.38. The summed E-state index contributed by atoms with van der Waals surface area (Å²) in [5.74, 6) is 0. The van der Waals surface area contributed by atoms with Crippen molar-refractivity contribution in [1.29, 1.82) is 0 Å². The van der Waals surface area contributed by atoms with Crippen LogP contribution < -0.4 is 0 Å². The molecule has 2 aromatic rings. The van der Waals surface area contributed by atoms with Crippen molar-refractivity contribution >= 4 is 37.4 Å². The lowest BCUT2D eigenvalue weighted by Crippen LogP contribution is -1.84. The minimum absolute atomic E-state index is 1.16. The fraction of sp³-hybridized carbons (Fsp3) is 0.533. The molecule has 0 N–H and O–H groups in total. The van der Waals surface area contributed by atoms with Gasteiger partial charge in [-0.05, 0) is 64.9 Å². The molecule has 0 spiro atoms. The first-order valence-electron chi connectivity index (χ1n) is 13.0. The maximum atomic E-state index is 3.66. The Morgan fingerprint density at radius 1 is 0.531 bits per heavy atom. The van der Waals surface area contributed by atoms with Crippen molar-refractivity contribution in [1.82, 2.24) is 0 Å². The lowest BCUT2D eigenvalue weighted by molar-refractivity contribution is 0.536.